The third-order valence-corrected chi connectivity index (χ3v) is 3.95. The lowest BCUT2D eigenvalue weighted by atomic mass is 10.0. The molecule has 1 aliphatic heterocycles. The summed E-state index contributed by atoms with van der Waals surface area (Å²) in [5.41, 5.74) is 1.01. The molecule has 2 heterocycles. The summed E-state index contributed by atoms with van der Waals surface area (Å²) in [6.07, 6.45) is 2.73. The van der Waals surface area contributed by atoms with Gasteiger partial charge in [-0.05, 0) is 18.4 Å². The smallest absolute Gasteiger partial charge is 0.318 e. The Hall–Kier alpha value is -1.82. The van der Waals surface area contributed by atoms with Crippen molar-refractivity contribution in [2.75, 3.05) is 38.8 Å². The van der Waals surface area contributed by atoms with Gasteiger partial charge in [0.15, 0.2) is 0 Å². The van der Waals surface area contributed by atoms with Crippen molar-refractivity contribution in [3.05, 3.63) is 23.9 Å². The monoisotopic (exact) mass is 320 g/mol. The minimum Gasteiger partial charge on any atom is -0.377 e. The number of aromatic nitrogens is 1. The van der Waals surface area contributed by atoms with E-state index >= 15 is 0 Å². The molecular formula is C17H28N4O2. The van der Waals surface area contributed by atoms with E-state index in [1.54, 1.807) is 6.20 Å². The molecule has 0 saturated carbocycles. The molecule has 0 aliphatic carbocycles. The minimum absolute atomic E-state index is 0.0208. The number of carbonyl (C=O) groups is 1. The lowest BCUT2D eigenvalue weighted by Crippen LogP contribution is -2.52. The van der Waals surface area contributed by atoms with E-state index in [2.05, 4.69) is 24.1 Å². The normalized spacial score (nSPS) is 18.1. The topological polar surface area (TPSA) is 57.7 Å². The van der Waals surface area contributed by atoms with Crippen LogP contribution in [-0.2, 0) is 11.3 Å². The minimum atomic E-state index is -0.0208. The molecule has 1 atom stereocenters. The van der Waals surface area contributed by atoms with Gasteiger partial charge in [-0.25, -0.2) is 9.78 Å². The van der Waals surface area contributed by atoms with Crippen LogP contribution in [-0.4, -0.2) is 55.8 Å². The first-order valence-corrected chi connectivity index (χ1v) is 8.22. The van der Waals surface area contributed by atoms with Crippen molar-refractivity contribution in [1.29, 1.82) is 0 Å². The Bertz CT molecular complexity index is 519. The molecule has 1 N–H and O–H groups in total. The van der Waals surface area contributed by atoms with Crippen molar-refractivity contribution in [1.82, 2.24) is 15.2 Å². The summed E-state index contributed by atoms with van der Waals surface area (Å²) in [7, 11) is 3.91. The van der Waals surface area contributed by atoms with Crippen LogP contribution < -0.4 is 10.2 Å². The third kappa shape index (κ3) is 4.82. The molecular weight excluding hydrogens is 292 g/mol. The zero-order chi connectivity index (χ0) is 16.8. The number of nitrogens with one attached hydrogen (secondary N) is 1. The molecule has 0 unspecified atom stereocenters. The maximum atomic E-state index is 12.6. The Morgan fingerprint density at radius 1 is 1.52 bits per heavy atom. The van der Waals surface area contributed by atoms with E-state index in [0.717, 1.165) is 17.8 Å². The molecule has 1 aliphatic rings. The molecule has 1 aromatic rings. The first-order valence-electron chi connectivity index (χ1n) is 8.22. The van der Waals surface area contributed by atoms with E-state index in [1.165, 1.54) is 0 Å². The fourth-order valence-corrected chi connectivity index (χ4v) is 2.90. The quantitative estimate of drug-likeness (QED) is 0.903. The summed E-state index contributed by atoms with van der Waals surface area (Å²) >= 11 is 0. The van der Waals surface area contributed by atoms with E-state index in [4.69, 9.17) is 4.74 Å². The van der Waals surface area contributed by atoms with Crippen molar-refractivity contribution in [2.45, 2.75) is 32.9 Å². The van der Waals surface area contributed by atoms with Gasteiger partial charge in [-0.3, -0.25) is 0 Å². The zero-order valence-electron chi connectivity index (χ0n) is 14.6. The Morgan fingerprint density at radius 3 is 3.00 bits per heavy atom. The molecule has 1 saturated heterocycles. The van der Waals surface area contributed by atoms with Crippen molar-refractivity contribution in [3.8, 4) is 0 Å². The number of anilines is 1. The summed E-state index contributed by atoms with van der Waals surface area (Å²) in [5.74, 6) is 1.42. The number of hydrogen-bond acceptors (Lipinski definition) is 4. The number of nitrogens with zero attached hydrogens (tertiary/aromatic N) is 3. The Kier molecular flexibility index (Phi) is 6.21. The van der Waals surface area contributed by atoms with Gasteiger partial charge in [0.05, 0.1) is 19.3 Å². The number of ether oxygens (including phenoxy) is 1. The number of rotatable bonds is 5. The fraction of sp³-hybridized carbons (Fsp3) is 0.647. The second-order valence-electron chi connectivity index (χ2n) is 6.59. The van der Waals surface area contributed by atoms with Crippen molar-refractivity contribution >= 4 is 11.8 Å². The SMILES string of the molecule is CC(C)C[C@H]1COCCN1C(=O)NCc1cccnc1N(C)C. The van der Waals surface area contributed by atoms with Crippen LogP contribution in [0.5, 0.6) is 0 Å². The second-order valence-corrected chi connectivity index (χ2v) is 6.59. The van der Waals surface area contributed by atoms with E-state index in [1.807, 2.05) is 36.0 Å². The lowest BCUT2D eigenvalue weighted by Gasteiger charge is -2.36. The number of hydrogen-bond donors (Lipinski definition) is 1. The summed E-state index contributed by atoms with van der Waals surface area (Å²) in [5, 5.41) is 3.03. The highest BCUT2D eigenvalue weighted by Crippen LogP contribution is 2.17. The van der Waals surface area contributed by atoms with Gasteiger partial charge in [-0.1, -0.05) is 19.9 Å². The van der Waals surface area contributed by atoms with Crippen LogP contribution in [0.4, 0.5) is 10.6 Å². The molecule has 2 amide bonds. The maximum Gasteiger partial charge on any atom is 0.318 e. The van der Waals surface area contributed by atoms with Gasteiger partial charge < -0.3 is 19.9 Å². The first-order chi connectivity index (χ1) is 11.0. The van der Waals surface area contributed by atoms with Gasteiger partial charge in [0.2, 0.25) is 0 Å². The van der Waals surface area contributed by atoms with E-state index in [9.17, 15) is 4.79 Å². The first kappa shape index (κ1) is 17.5. The summed E-state index contributed by atoms with van der Waals surface area (Å²) in [4.78, 5) is 20.8. The predicted molar refractivity (Wildman–Crippen MR) is 91.6 cm³/mol. The zero-order valence-corrected chi connectivity index (χ0v) is 14.6. The molecule has 1 aromatic heterocycles. The van der Waals surface area contributed by atoms with Gasteiger partial charge in [0.1, 0.15) is 5.82 Å². The van der Waals surface area contributed by atoms with Crippen molar-refractivity contribution in [3.63, 3.8) is 0 Å². The highest BCUT2D eigenvalue weighted by atomic mass is 16.5. The highest BCUT2D eigenvalue weighted by molar-refractivity contribution is 5.75. The van der Waals surface area contributed by atoms with Crippen LogP contribution >= 0.6 is 0 Å². The Morgan fingerprint density at radius 2 is 2.30 bits per heavy atom. The Balaban J connectivity index is 1.98. The molecule has 0 aromatic carbocycles. The molecule has 2 rings (SSSR count). The molecule has 0 bridgehead atoms. The number of urea groups is 1. The number of carbonyl (C=O) groups excluding carboxylic acids is 1. The molecule has 23 heavy (non-hydrogen) atoms. The van der Waals surface area contributed by atoms with Gasteiger partial charge in [0.25, 0.3) is 0 Å². The molecule has 6 nitrogen and oxygen atoms in total. The van der Waals surface area contributed by atoms with Crippen molar-refractivity contribution < 1.29 is 9.53 Å². The van der Waals surface area contributed by atoms with Crippen LogP contribution in [0, 0.1) is 5.92 Å². The number of pyridine rings is 1. The lowest BCUT2D eigenvalue weighted by molar-refractivity contribution is 0.00551. The molecule has 6 heteroatoms. The molecule has 0 spiro atoms. The van der Waals surface area contributed by atoms with E-state index in [-0.39, 0.29) is 12.1 Å². The van der Waals surface area contributed by atoms with E-state index in [0.29, 0.717) is 32.2 Å². The average molecular weight is 320 g/mol. The highest BCUT2D eigenvalue weighted by Gasteiger charge is 2.27. The van der Waals surface area contributed by atoms with Crippen molar-refractivity contribution in [2.24, 2.45) is 5.92 Å². The van der Waals surface area contributed by atoms with Gasteiger partial charge in [-0.15, -0.1) is 0 Å². The molecule has 128 valence electrons. The summed E-state index contributed by atoms with van der Waals surface area (Å²) < 4.78 is 5.54. The van der Waals surface area contributed by atoms with Gasteiger partial charge in [-0.2, -0.15) is 0 Å². The maximum absolute atomic E-state index is 12.6. The summed E-state index contributed by atoms with van der Waals surface area (Å²) in [6, 6.07) is 4.02. The van der Waals surface area contributed by atoms with Crippen LogP contribution in [0.25, 0.3) is 0 Å². The molecule has 0 radical (unpaired) electrons. The standard InChI is InChI=1S/C17H28N4O2/c1-13(2)10-15-12-23-9-8-21(15)17(22)19-11-14-6-5-7-18-16(14)20(3)4/h5-7,13,15H,8-12H2,1-4H3,(H,19,22)/t15-/m0/s1. The van der Waals surface area contributed by atoms with Gasteiger partial charge in [0, 0.05) is 38.9 Å². The van der Waals surface area contributed by atoms with Crippen LogP contribution in [0.2, 0.25) is 0 Å². The number of morpholine rings is 1. The predicted octanol–water partition coefficient (Wildman–Crippen LogP) is 2.10. The van der Waals surface area contributed by atoms with E-state index < -0.39 is 0 Å². The molecule has 1 fully saturated rings. The Labute approximate surface area is 138 Å². The second kappa shape index (κ2) is 8.15. The average Bonchev–Trinajstić information content (AvgIpc) is 2.52. The largest absolute Gasteiger partial charge is 0.377 e. The van der Waals surface area contributed by atoms with Gasteiger partial charge >= 0.3 is 6.03 Å². The number of amides is 2. The fourth-order valence-electron chi connectivity index (χ4n) is 2.90. The van der Waals surface area contributed by atoms with Crippen LogP contribution in [0.1, 0.15) is 25.8 Å². The van der Waals surface area contributed by atoms with Crippen LogP contribution in [0.3, 0.4) is 0 Å². The van der Waals surface area contributed by atoms with Crippen LogP contribution in [0.15, 0.2) is 18.3 Å². The third-order valence-electron chi connectivity index (χ3n) is 3.95. The summed E-state index contributed by atoms with van der Waals surface area (Å²) in [6.45, 7) is 6.70.